The van der Waals surface area contributed by atoms with Crippen LogP contribution in [0.5, 0.6) is 0 Å². The Kier molecular flexibility index (Phi) is 11.7. The standard InChI is InChI=1S/C10H22O4Si.Si/c1-10(2)9-14-7-6-8-15(11-3,12-4)13-5;/h1,6-9H2,2-5H3;. The van der Waals surface area contributed by atoms with E-state index in [-0.39, 0.29) is 11.0 Å². The Morgan fingerprint density at radius 2 is 1.62 bits per heavy atom. The normalized spacial score (nSPS) is 11.0. The molecule has 0 unspecified atom stereocenters. The van der Waals surface area contributed by atoms with Crippen LogP contribution in [0.3, 0.4) is 0 Å². The van der Waals surface area contributed by atoms with Crippen molar-refractivity contribution in [3.8, 4) is 0 Å². The quantitative estimate of drug-likeness (QED) is 0.358. The summed E-state index contributed by atoms with van der Waals surface area (Å²) in [5.41, 5.74) is 1.03. The molecule has 0 saturated carbocycles. The Labute approximate surface area is 104 Å². The second kappa shape index (κ2) is 10.2. The molecule has 0 aromatic carbocycles. The Hall–Kier alpha value is 0.0138. The highest BCUT2D eigenvalue weighted by Crippen LogP contribution is 2.14. The molecule has 16 heavy (non-hydrogen) atoms. The van der Waals surface area contributed by atoms with Gasteiger partial charge in [-0.2, -0.15) is 0 Å². The van der Waals surface area contributed by atoms with E-state index in [9.17, 15) is 0 Å². The fourth-order valence-electron chi connectivity index (χ4n) is 1.19. The Morgan fingerprint density at radius 3 is 2.00 bits per heavy atom. The summed E-state index contributed by atoms with van der Waals surface area (Å²) >= 11 is 0. The molecule has 0 aliphatic carbocycles. The topological polar surface area (TPSA) is 36.9 Å². The van der Waals surface area contributed by atoms with Crippen molar-refractivity contribution < 1.29 is 18.0 Å². The van der Waals surface area contributed by atoms with Crippen LogP contribution in [-0.4, -0.2) is 54.3 Å². The van der Waals surface area contributed by atoms with Gasteiger partial charge in [-0.1, -0.05) is 12.2 Å². The minimum atomic E-state index is -2.40. The summed E-state index contributed by atoms with van der Waals surface area (Å²) in [6.07, 6.45) is 0.870. The zero-order chi connectivity index (χ0) is 11.7. The van der Waals surface area contributed by atoms with Gasteiger partial charge < -0.3 is 18.0 Å². The summed E-state index contributed by atoms with van der Waals surface area (Å²) in [4.78, 5) is 0. The molecule has 0 rings (SSSR count). The molecule has 4 radical (unpaired) electrons. The minimum Gasteiger partial charge on any atom is -0.377 e. The van der Waals surface area contributed by atoms with Crippen LogP contribution in [-0.2, 0) is 18.0 Å². The van der Waals surface area contributed by atoms with Crippen molar-refractivity contribution in [3.05, 3.63) is 12.2 Å². The highest BCUT2D eigenvalue weighted by atomic mass is 28.4. The van der Waals surface area contributed by atoms with Crippen LogP contribution in [0.15, 0.2) is 12.2 Å². The summed E-state index contributed by atoms with van der Waals surface area (Å²) < 4.78 is 21.2. The van der Waals surface area contributed by atoms with Crippen LogP contribution in [0.1, 0.15) is 13.3 Å². The van der Waals surface area contributed by atoms with Gasteiger partial charge in [0.15, 0.2) is 0 Å². The number of hydrogen-bond donors (Lipinski definition) is 0. The smallest absolute Gasteiger partial charge is 0.377 e. The van der Waals surface area contributed by atoms with Crippen molar-refractivity contribution in [2.45, 2.75) is 19.4 Å². The molecule has 0 atom stereocenters. The fraction of sp³-hybridized carbons (Fsp3) is 0.800. The molecule has 6 heteroatoms. The van der Waals surface area contributed by atoms with Crippen LogP contribution < -0.4 is 0 Å². The van der Waals surface area contributed by atoms with E-state index in [4.69, 9.17) is 18.0 Å². The summed E-state index contributed by atoms with van der Waals surface area (Å²) in [5, 5.41) is 0. The lowest BCUT2D eigenvalue weighted by atomic mass is 10.4. The Balaban J connectivity index is 0. The molecular formula is C10H22O4Si2. The molecule has 94 valence electrons. The molecule has 0 bridgehead atoms. The molecule has 0 amide bonds. The van der Waals surface area contributed by atoms with Crippen molar-refractivity contribution >= 4 is 19.8 Å². The monoisotopic (exact) mass is 262 g/mol. The SMILES string of the molecule is C=C(C)COCCC[Si](OC)(OC)OC.[Si]. The maximum atomic E-state index is 5.38. The van der Waals surface area contributed by atoms with Gasteiger partial charge in [0.1, 0.15) is 0 Å². The lowest BCUT2D eigenvalue weighted by Gasteiger charge is -2.24. The van der Waals surface area contributed by atoms with E-state index in [1.807, 2.05) is 6.92 Å². The molecule has 0 aromatic rings. The van der Waals surface area contributed by atoms with Gasteiger partial charge in [-0.05, 0) is 13.3 Å². The summed E-state index contributed by atoms with van der Waals surface area (Å²) in [5.74, 6) is 0. The van der Waals surface area contributed by atoms with Crippen molar-refractivity contribution in [1.82, 2.24) is 0 Å². The fourth-order valence-corrected chi connectivity index (χ4v) is 2.88. The molecule has 0 spiro atoms. The van der Waals surface area contributed by atoms with Crippen LogP contribution in [0.4, 0.5) is 0 Å². The van der Waals surface area contributed by atoms with Crippen LogP contribution in [0.25, 0.3) is 0 Å². The molecule has 4 nitrogen and oxygen atoms in total. The van der Waals surface area contributed by atoms with E-state index in [0.717, 1.165) is 18.0 Å². The molecule has 0 fully saturated rings. The highest BCUT2D eigenvalue weighted by Gasteiger charge is 2.36. The third kappa shape index (κ3) is 7.31. The zero-order valence-electron chi connectivity index (χ0n) is 10.7. The van der Waals surface area contributed by atoms with Gasteiger partial charge in [-0.3, -0.25) is 0 Å². The van der Waals surface area contributed by atoms with Gasteiger partial charge in [0, 0.05) is 44.9 Å². The molecule has 0 aromatic heterocycles. The van der Waals surface area contributed by atoms with Gasteiger partial charge >= 0.3 is 8.80 Å². The van der Waals surface area contributed by atoms with Crippen LogP contribution in [0, 0.1) is 0 Å². The first-order valence-corrected chi connectivity index (χ1v) is 6.91. The van der Waals surface area contributed by atoms with Gasteiger partial charge in [-0.15, -0.1) is 0 Å². The van der Waals surface area contributed by atoms with E-state index in [1.165, 1.54) is 0 Å². The minimum absolute atomic E-state index is 0. The summed E-state index contributed by atoms with van der Waals surface area (Å²) in [6.45, 7) is 6.99. The van der Waals surface area contributed by atoms with Crippen LogP contribution in [0.2, 0.25) is 6.04 Å². The largest absolute Gasteiger partial charge is 0.500 e. The molecular weight excluding hydrogens is 240 g/mol. The first kappa shape index (κ1) is 18.4. The lowest BCUT2D eigenvalue weighted by Crippen LogP contribution is -2.42. The van der Waals surface area contributed by atoms with Crippen molar-refractivity contribution in [3.63, 3.8) is 0 Å². The van der Waals surface area contributed by atoms with Gasteiger partial charge in [0.25, 0.3) is 0 Å². The molecule has 0 heterocycles. The highest BCUT2D eigenvalue weighted by molar-refractivity contribution is 6.60. The third-order valence-electron chi connectivity index (χ3n) is 2.05. The molecule has 0 N–H and O–H groups in total. The number of rotatable bonds is 9. The Morgan fingerprint density at radius 1 is 1.12 bits per heavy atom. The predicted octanol–water partition coefficient (Wildman–Crippen LogP) is 1.47. The second-order valence-corrected chi connectivity index (χ2v) is 6.50. The van der Waals surface area contributed by atoms with E-state index in [0.29, 0.717) is 13.2 Å². The first-order valence-electron chi connectivity index (χ1n) is 4.98. The third-order valence-corrected chi connectivity index (χ3v) is 4.89. The van der Waals surface area contributed by atoms with Gasteiger partial charge in [0.2, 0.25) is 0 Å². The first-order chi connectivity index (χ1) is 7.10. The van der Waals surface area contributed by atoms with Crippen molar-refractivity contribution in [2.75, 3.05) is 34.5 Å². The molecule has 0 aliphatic rings. The maximum Gasteiger partial charge on any atom is 0.500 e. The zero-order valence-corrected chi connectivity index (χ0v) is 12.7. The van der Waals surface area contributed by atoms with E-state index < -0.39 is 8.80 Å². The van der Waals surface area contributed by atoms with E-state index >= 15 is 0 Å². The molecule has 0 aliphatic heterocycles. The summed E-state index contributed by atoms with van der Waals surface area (Å²) in [6, 6.07) is 0.771. The predicted molar refractivity (Wildman–Crippen MR) is 67.6 cm³/mol. The average Bonchev–Trinajstić information content (AvgIpc) is 2.24. The summed E-state index contributed by atoms with van der Waals surface area (Å²) in [7, 11) is 2.46. The second-order valence-electron chi connectivity index (χ2n) is 3.41. The van der Waals surface area contributed by atoms with E-state index in [2.05, 4.69) is 6.58 Å². The van der Waals surface area contributed by atoms with Crippen LogP contribution >= 0.6 is 0 Å². The Bertz CT molecular complexity index is 175. The van der Waals surface area contributed by atoms with Gasteiger partial charge in [0.05, 0.1) is 6.61 Å². The van der Waals surface area contributed by atoms with Crippen molar-refractivity contribution in [2.24, 2.45) is 0 Å². The van der Waals surface area contributed by atoms with Crippen molar-refractivity contribution in [1.29, 1.82) is 0 Å². The molecule has 0 saturated heterocycles. The maximum absolute atomic E-state index is 5.38. The van der Waals surface area contributed by atoms with Gasteiger partial charge in [-0.25, -0.2) is 0 Å². The number of hydrogen-bond acceptors (Lipinski definition) is 4. The lowest BCUT2D eigenvalue weighted by molar-refractivity contribution is 0.113. The van der Waals surface area contributed by atoms with E-state index in [1.54, 1.807) is 21.3 Å². The average molecular weight is 262 g/mol. The number of ether oxygens (including phenoxy) is 1.